The Hall–Kier alpha value is -3.84. The lowest BCUT2D eigenvalue weighted by atomic mass is 9.86. The number of carbonyl (C=O) groups is 4. The smallest absolute Gasteiger partial charge is 0.255 e. The van der Waals surface area contributed by atoms with Gasteiger partial charge in [-0.25, -0.2) is 0 Å². The molecule has 10 nitrogen and oxygen atoms in total. The van der Waals surface area contributed by atoms with Gasteiger partial charge in [0.1, 0.15) is 0 Å². The normalized spacial score (nSPS) is 11.2. The monoisotopic (exact) mass is 722 g/mol. The lowest BCUT2D eigenvalue weighted by molar-refractivity contribution is -0.115. The summed E-state index contributed by atoms with van der Waals surface area (Å²) in [7, 11) is 0. The maximum atomic E-state index is 13.7. The molecule has 3 rings (SSSR count). The Morgan fingerprint density at radius 3 is 1.18 bits per heavy atom. The molecular weight excluding hydrogens is 669 g/mol. The summed E-state index contributed by atoms with van der Waals surface area (Å²) in [5.41, 5.74) is 15.7. The molecule has 0 saturated heterocycles. The summed E-state index contributed by atoms with van der Waals surface area (Å²) in [5.74, 6) is -0.138. The molecule has 0 spiro atoms. The number of nitrogens with one attached hydrogen (secondary N) is 4. The third-order valence-corrected chi connectivity index (χ3v) is 9.48. The largest absolute Gasteiger partial charge is 0.330 e. The summed E-state index contributed by atoms with van der Waals surface area (Å²) in [4.78, 5) is 53.0. The van der Waals surface area contributed by atoms with Crippen molar-refractivity contribution in [3.63, 3.8) is 0 Å². The van der Waals surface area contributed by atoms with Crippen molar-refractivity contribution in [2.24, 2.45) is 11.5 Å². The molecule has 0 aliphatic heterocycles. The first kappa shape index (κ1) is 42.3. The molecule has 4 amide bonds. The molecule has 272 valence electrons. The molecule has 0 fully saturated rings. The first-order valence-corrected chi connectivity index (χ1v) is 18.7. The van der Waals surface area contributed by atoms with Crippen molar-refractivity contribution in [3.05, 3.63) is 70.8 Å². The minimum absolute atomic E-state index is 0.228. The number of hydrogen-bond donors (Lipinski definition) is 6. The van der Waals surface area contributed by atoms with Crippen LogP contribution in [0.3, 0.4) is 0 Å². The fraction of sp³-hybridized carbons (Fsp3) is 0.421. The topological polar surface area (TPSA) is 168 Å². The minimum atomic E-state index is -0.416. The summed E-state index contributed by atoms with van der Waals surface area (Å²) >= 11 is 2.88. The summed E-state index contributed by atoms with van der Waals surface area (Å²) in [5, 5.41) is 11.8. The van der Waals surface area contributed by atoms with E-state index in [2.05, 4.69) is 62.8 Å². The molecule has 0 unspecified atom stereocenters. The van der Waals surface area contributed by atoms with Crippen LogP contribution in [-0.2, 0) is 20.4 Å². The molecule has 3 aromatic rings. The van der Waals surface area contributed by atoms with Gasteiger partial charge in [0.05, 0.1) is 32.5 Å². The second-order valence-electron chi connectivity index (χ2n) is 13.4. The van der Waals surface area contributed by atoms with Crippen LogP contribution in [-0.4, -0.2) is 48.2 Å². The Balaban J connectivity index is 0.00000425. The van der Waals surface area contributed by atoms with E-state index in [0.717, 1.165) is 11.1 Å². The molecule has 0 radical (unpaired) electrons. The SMILES string of the molecule is CC.CC(=O)Nc1cc(C(C)(C)C)cc(NC(=O)c2cccc(C(=O)Nc3cc(C(C)(C)C)cc(NC(C)=O)c3SCCN)c2)c1SCCN. The Morgan fingerprint density at radius 1 is 0.580 bits per heavy atom. The third kappa shape index (κ3) is 12.2. The van der Waals surface area contributed by atoms with E-state index in [4.69, 9.17) is 11.5 Å². The van der Waals surface area contributed by atoms with Crippen molar-refractivity contribution in [2.75, 3.05) is 45.9 Å². The number of anilines is 4. The van der Waals surface area contributed by atoms with Crippen LogP contribution in [0.2, 0.25) is 0 Å². The summed E-state index contributed by atoms with van der Waals surface area (Å²) in [6.45, 7) is 20.0. The molecule has 0 heterocycles. The van der Waals surface area contributed by atoms with E-state index in [1.54, 1.807) is 18.2 Å². The first-order valence-electron chi connectivity index (χ1n) is 16.7. The number of amides is 4. The van der Waals surface area contributed by atoms with Gasteiger partial charge in [-0.15, -0.1) is 23.5 Å². The zero-order valence-corrected chi connectivity index (χ0v) is 32.7. The van der Waals surface area contributed by atoms with Crippen LogP contribution in [0.4, 0.5) is 22.7 Å². The standard InChI is InChI=1S/C36H48N6O4S2.C2H6/c1-21(43)39-27-17-25(35(3,4)5)19-29(31(27)47-14-12-37)41-33(45)23-10-9-11-24(16-23)34(46)42-30-20-26(36(6,7)8)18-28(40-22(2)44)32(30)48-15-13-38;1-2/h9-11,16-20H,12-15,37-38H2,1-8H3,(H,39,43)(H,40,44)(H,41,45)(H,42,46);1-2H3. The van der Waals surface area contributed by atoms with Crippen LogP contribution in [0.25, 0.3) is 0 Å². The van der Waals surface area contributed by atoms with Gasteiger partial charge in [0.25, 0.3) is 11.8 Å². The highest BCUT2D eigenvalue weighted by molar-refractivity contribution is 7.99. The molecule has 0 aromatic heterocycles. The molecule has 0 aliphatic rings. The van der Waals surface area contributed by atoms with Gasteiger partial charge in [0.2, 0.25) is 11.8 Å². The molecular formula is C38H54N6O4S2. The molecule has 3 aromatic carbocycles. The van der Waals surface area contributed by atoms with Crippen LogP contribution >= 0.6 is 23.5 Å². The number of hydrogen-bond acceptors (Lipinski definition) is 8. The fourth-order valence-corrected chi connectivity index (χ4v) is 6.40. The number of rotatable bonds is 12. The molecule has 12 heteroatoms. The van der Waals surface area contributed by atoms with E-state index in [1.165, 1.54) is 43.4 Å². The Morgan fingerprint density at radius 2 is 0.900 bits per heavy atom. The van der Waals surface area contributed by atoms with Gasteiger partial charge in [-0.1, -0.05) is 61.5 Å². The van der Waals surface area contributed by atoms with Crippen LogP contribution in [0, 0.1) is 0 Å². The van der Waals surface area contributed by atoms with E-state index < -0.39 is 11.8 Å². The van der Waals surface area contributed by atoms with Gasteiger partial charge in [-0.3, -0.25) is 19.2 Å². The highest BCUT2D eigenvalue weighted by Gasteiger charge is 2.24. The highest BCUT2D eigenvalue weighted by Crippen LogP contribution is 2.41. The van der Waals surface area contributed by atoms with Crippen molar-refractivity contribution in [3.8, 4) is 0 Å². The first-order chi connectivity index (χ1) is 23.4. The van der Waals surface area contributed by atoms with E-state index in [9.17, 15) is 19.2 Å². The maximum Gasteiger partial charge on any atom is 0.255 e. The lowest BCUT2D eigenvalue weighted by Gasteiger charge is -2.24. The second-order valence-corrected chi connectivity index (χ2v) is 15.6. The lowest BCUT2D eigenvalue weighted by Crippen LogP contribution is -2.19. The molecule has 0 bridgehead atoms. The minimum Gasteiger partial charge on any atom is -0.330 e. The van der Waals surface area contributed by atoms with Gasteiger partial charge in [0.15, 0.2) is 0 Å². The van der Waals surface area contributed by atoms with Crippen LogP contribution < -0.4 is 32.7 Å². The average Bonchev–Trinajstić information content (AvgIpc) is 3.03. The van der Waals surface area contributed by atoms with E-state index >= 15 is 0 Å². The van der Waals surface area contributed by atoms with Crippen molar-refractivity contribution in [1.82, 2.24) is 0 Å². The van der Waals surface area contributed by atoms with Crippen LogP contribution in [0.5, 0.6) is 0 Å². The Bertz CT molecular complexity index is 1560. The number of nitrogens with two attached hydrogens (primary N) is 2. The van der Waals surface area contributed by atoms with Gasteiger partial charge in [-0.05, 0) is 64.4 Å². The molecule has 0 saturated carbocycles. The number of benzene rings is 3. The van der Waals surface area contributed by atoms with Crippen molar-refractivity contribution in [2.45, 2.75) is 89.9 Å². The van der Waals surface area contributed by atoms with E-state index in [0.29, 0.717) is 57.1 Å². The second kappa shape index (κ2) is 19.0. The van der Waals surface area contributed by atoms with Gasteiger partial charge in [0, 0.05) is 49.6 Å². The summed E-state index contributed by atoms with van der Waals surface area (Å²) in [6, 6.07) is 14.1. The van der Waals surface area contributed by atoms with Gasteiger partial charge >= 0.3 is 0 Å². The molecule has 0 aliphatic carbocycles. The van der Waals surface area contributed by atoms with Crippen molar-refractivity contribution >= 4 is 69.9 Å². The molecule has 50 heavy (non-hydrogen) atoms. The Kier molecular flexibility index (Phi) is 16.0. The summed E-state index contributed by atoms with van der Waals surface area (Å²) < 4.78 is 0. The van der Waals surface area contributed by atoms with E-state index in [1.807, 2.05) is 38.1 Å². The van der Waals surface area contributed by atoms with Gasteiger partial charge in [-0.2, -0.15) is 0 Å². The quantitative estimate of drug-likeness (QED) is 0.103. The highest BCUT2D eigenvalue weighted by atomic mass is 32.2. The predicted octanol–water partition coefficient (Wildman–Crippen LogP) is 7.83. The third-order valence-electron chi connectivity index (χ3n) is 7.14. The van der Waals surface area contributed by atoms with Crippen LogP contribution in [0.1, 0.15) is 101 Å². The number of thioether (sulfide) groups is 2. The predicted molar refractivity (Wildman–Crippen MR) is 212 cm³/mol. The Labute approximate surface area is 306 Å². The van der Waals surface area contributed by atoms with Crippen molar-refractivity contribution < 1.29 is 19.2 Å². The zero-order valence-electron chi connectivity index (χ0n) is 31.1. The molecule has 8 N–H and O–H groups in total. The van der Waals surface area contributed by atoms with Crippen molar-refractivity contribution in [1.29, 1.82) is 0 Å². The van der Waals surface area contributed by atoms with Crippen LogP contribution in [0.15, 0.2) is 58.3 Å². The zero-order chi connectivity index (χ0) is 37.8. The van der Waals surface area contributed by atoms with E-state index in [-0.39, 0.29) is 33.8 Å². The fourth-order valence-electron chi connectivity index (χ4n) is 4.70. The maximum absolute atomic E-state index is 13.7. The number of carbonyl (C=O) groups excluding carboxylic acids is 4. The summed E-state index contributed by atoms with van der Waals surface area (Å²) in [6.07, 6.45) is 0. The average molecular weight is 723 g/mol. The molecule has 0 atom stereocenters. The van der Waals surface area contributed by atoms with Gasteiger partial charge < -0.3 is 32.7 Å².